The van der Waals surface area contributed by atoms with Crippen molar-refractivity contribution in [3.63, 3.8) is 0 Å². The maximum Gasteiger partial charge on any atom is 0.249 e. The molecule has 0 aromatic carbocycles. The van der Waals surface area contributed by atoms with Gasteiger partial charge in [0.25, 0.3) is 0 Å². The van der Waals surface area contributed by atoms with Crippen LogP contribution in [0.3, 0.4) is 0 Å². The van der Waals surface area contributed by atoms with Gasteiger partial charge < -0.3 is 15.2 Å². The van der Waals surface area contributed by atoms with E-state index in [1.165, 1.54) is 0 Å². The van der Waals surface area contributed by atoms with E-state index in [-0.39, 0.29) is 30.3 Å². The van der Waals surface area contributed by atoms with Crippen molar-refractivity contribution in [1.82, 2.24) is 15.0 Å². The van der Waals surface area contributed by atoms with Crippen LogP contribution in [0.15, 0.2) is 4.52 Å². The van der Waals surface area contributed by atoms with E-state index in [1.54, 1.807) is 0 Å². The predicted molar refractivity (Wildman–Crippen MR) is 89.0 cm³/mol. The Hall–Kier alpha value is -1.14. The molecule has 1 aromatic heterocycles. The molecule has 1 aliphatic carbocycles. The van der Waals surface area contributed by atoms with E-state index in [9.17, 15) is 4.79 Å². The van der Waals surface area contributed by atoms with Crippen LogP contribution in [-0.2, 0) is 10.3 Å². The van der Waals surface area contributed by atoms with Gasteiger partial charge in [-0.3, -0.25) is 4.79 Å². The topological polar surface area (TPSA) is 85.2 Å². The summed E-state index contributed by atoms with van der Waals surface area (Å²) in [6.45, 7) is 4.63. The molecule has 0 bridgehead atoms. The number of rotatable bonds is 3. The fourth-order valence-electron chi connectivity index (χ4n) is 3.59. The van der Waals surface area contributed by atoms with E-state index < -0.39 is 5.54 Å². The minimum atomic E-state index is -0.441. The van der Waals surface area contributed by atoms with E-state index in [0.29, 0.717) is 11.7 Å². The molecule has 1 unspecified atom stereocenters. The maximum atomic E-state index is 12.4. The summed E-state index contributed by atoms with van der Waals surface area (Å²) in [4.78, 5) is 18.9. The number of amides is 1. The monoisotopic (exact) mass is 342 g/mol. The third-order valence-corrected chi connectivity index (χ3v) is 4.95. The zero-order chi connectivity index (χ0) is 15.7. The van der Waals surface area contributed by atoms with Crippen molar-refractivity contribution in [2.75, 3.05) is 6.54 Å². The number of likely N-dealkylation sites (tertiary alicyclic amines) is 1. The van der Waals surface area contributed by atoms with E-state index in [0.717, 1.165) is 51.5 Å². The zero-order valence-electron chi connectivity index (χ0n) is 14.0. The predicted octanol–water partition coefficient (Wildman–Crippen LogP) is 2.93. The van der Waals surface area contributed by atoms with Gasteiger partial charge in [-0.2, -0.15) is 4.98 Å². The molecule has 2 N–H and O–H groups in total. The van der Waals surface area contributed by atoms with Crippen molar-refractivity contribution in [1.29, 1.82) is 0 Å². The van der Waals surface area contributed by atoms with Gasteiger partial charge in [-0.25, -0.2) is 0 Å². The van der Waals surface area contributed by atoms with E-state index in [4.69, 9.17) is 10.3 Å². The van der Waals surface area contributed by atoms with E-state index in [2.05, 4.69) is 10.1 Å². The standard InChI is InChI=1S/C16H26N4O2.ClH/c1-11(2)14(21)20-10-6-3-7-12(20)13-18-15(19-22-13)16(17)8-4-5-9-16;/h11-12H,3-10,17H2,1-2H3;1H. The highest BCUT2D eigenvalue weighted by Gasteiger charge is 2.38. The molecule has 1 amide bonds. The lowest BCUT2D eigenvalue weighted by Gasteiger charge is -2.34. The lowest BCUT2D eigenvalue weighted by atomic mass is 9.98. The Morgan fingerprint density at radius 1 is 1.30 bits per heavy atom. The summed E-state index contributed by atoms with van der Waals surface area (Å²) in [5, 5.41) is 4.13. The number of carbonyl (C=O) groups excluding carboxylic acids is 1. The van der Waals surface area contributed by atoms with Crippen LogP contribution in [0.4, 0.5) is 0 Å². The minimum absolute atomic E-state index is 0. The lowest BCUT2D eigenvalue weighted by molar-refractivity contribution is -0.139. The molecule has 1 saturated heterocycles. The summed E-state index contributed by atoms with van der Waals surface area (Å²) in [7, 11) is 0. The molecule has 6 nitrogen and oxygen atoms in total. The summed E-state index contributed by atoms with van der Waals surface area (Å²) in [5.74, 6) is 1.31. The molecule has 1 atom stereocenters. The molecule has 7 heteroatoms. The van der Waals surface area contributed by atoms with Crippen molar-refractivity contribution in [2.45, 2.75) is 70.4 Å². The number of carbonyl (C=O) groups is 1. The highest BCUT2D eigenvalue weighted by atomic mass is 35.5. The van der Waals surface area contributed by atoms with Gasteiger partial charge in [-0.1, -0.05) is 31.8 Å². The molecule has 1 aliphatic heterocycles. The Morgan fingerprint density at radius 2 is 2.00 bits per heavy atom. The van der Waals surface area contributed by atoms with Gasteiger partial charge in [0.05, 0.1) is 5.54 Å². The molecule has 1 aromatic rings. The van der Waals surface area contributed by atoms with Gasteiger partial charge in [-0.15, -0.1) is 12.4 Å². The van der Waals surface area contributed by atoms with Crippen LogP contribution in [0, 0.1) is 5.92 Å². The van der Waals surface area contributed by atoms with Crippen molar-refractivity contribution in [2.24, 2.45) is 11.7 Å². The van der Waals surface area contributed by atoms with Crippen LogP contribution in [0.5, 0.6) is 0 Å². The number of nitrogens with zero attached hydrogens (tertiary/aromatic N) is 3. The van der Waals surface area contributed by atoms with Crippen LogP contribution in [0.1, 0.15) is 76.6 Å². The van der Waals surface area contributed by atoms with Gasteiger partial charge in [0.2, 0.25) is 11.8 Å². The number of hydrogen-bond donors (Lipinski definition) is 1. The van der Waals surface area contributed by atoms with Gasteiger partial charge >= 0.3 is 0 Å². The largest absolute Gasteiger partial charge is 0.337 e. The second-order valence-corrected chi connectivity index (χ2v) is 7.02. The molecule has 1 saturated carbocycles. The normalized spacial score (nSPS) is 23.8. The molecule has 0 spiro atoms. The number of hydrogen-bond acceptors (Lipinski definition) is 5. The van der Waals surface area contributed by atoms with Crippen LogP contribution in [0.2, 0.25) is 0 Å². The van der Waals surface area contributed by atoms with Gasteiger partial charge in [0.15, 0.2) is 5.82 Å². The first-order chi connectivity index (χ1) is 10.5. The second kappa shape index (κ2) is 7.18. The first-order valence-corrected chi connectivity index (χ1v) is 8.45. The van der Waals surface area contributed by atoms with Crippen molar-refractivity contribution < 1.29 is 9.32 Å². The lowest BCUT2D eigenvalue weighted by Crippen LogP contribution is -2.41. The van der Waals surface area contributed by atoms with Crippen molar-refractivity contribution >= 4 is 18.3 Å². The zero-order valence-corrected chi connectivity index (χ0v) is 14.8. The number of piperidine rings is 1. The summed E-state index contributed by atoms with van der Waals surface area (Å²) in [5.41, 5.74) is 5.96. The molecular weight excluding hydrogens is 316 g/mol. The van der Waals surface area contributed by atoms with Gasteiger partial charge in [0.1, 0.15) is 6.04 Å². The molecule has 23 heavy (non-hydrogen) atoms. The number of nitrogens with two attached hydrogens (primary N) is 1. The Bertz CT molecular complexity index is 540. The summed E-state index contributed by atoms with van der Waals surface area (Å²) in [6, 6.07) is -0.0881. The fraction of sp³-hybridized carbons (Fsp3) is 0.812. The molecule has 0 radical (unpaired) electrons. The molecule has 2 heterocycles. The third kappa shape index (κ3) is 3.53. The first-order valence-electron chi connectivity index (χ1n) is 8.45. The summed E-state index contributed by atoms with van der Waals surface area (Å²) >= 11 is 0. The Labute approximate surface area is 143 Å². The first kappa shape index (κ1) is 18.2. The average Bonchev–Trinajstić information content (AvgIpc) is 3.16. The van der Waals surface area contributed by atoms with Crippen LogP contribution < -0.4 is 5.73 Å². The van der Waals surface area contributed by atoms with Gasteiger partial charge in [-0.05, 0) is 32.1 Å². The highest BCUT2D eigenvalue weighted by molar-refractivity contribution is 5.85. The molecule has 2 fully saturated rings. The summed E-state index contributed by atoms with van der Waals surface area (Å²) < 4.78 is 5.51. The minimum Gasteiger partial charge on any atom is -0.337 e. The Morgan fingerprint density at radius 3 is 2.65 bits per heavy atom. The molecule has 130 valence electrons. The van der Waals surface area contributed by atoms with E-state index >= 15 is 0 Å². The average molecular weight is 343 g/mol. The fourth-order valence-corrected chi connectivity index (χ4v) is 3.59. The second-order valence-electron chi connectivity index (χ2n) is 7.02. The highest BCUT2D eigenvalue weighted by Crippen LogP contribution is 2.37. The van der Waals surface area contributed by atoms with Crippen LogP contribution in [0.25, 0.3) is 0 Å². The molecule has 3 rings (SSSR count). The Kier molecular flexibility index (Phi) is 5.68. The van der Waals surface area contributed by atoms with Crippen molar-refractivity contribution in [3.8, 4) is 0 Å². The van der Waals surface area contributed by atoms with E-state index in [1.807, 2.05) is 18.7 Å². The quantitative estimate of drug-likeness (QED) is 0.912. The molecule has 2 aliphatic rings. The Balaban J connectivity index is 0.00000192. The molecular formula is C16H27ClN4O2. The van der Waals surface area contributed by atoms with Crippen molar-refractivity contribution in [3.05, 3.63) is 11.7 Å². The SMILES string of the molecule is CC(C)C(=O)N1CCCCC1c1nc(C2(N)CCCC2)no1.Cl. The van der Waals surface area contributed by atoms with Gasteiger partial charge in [0, 0.05) is 12.5 Å². The smallest absolute Gasteiger partial charge is 0.249 e. The number of halogens is 1. The number of aromatic nitrogens is 2. The third-order valence-electron chi connectivity index (χ3n) is 4.95. The van der Waals surface area contributed by atoms with Crippen LogP contribution >= 0.6 is 12.4 Å². The van der Waals surface area contributed by atoms with Crippen LogP contribution in [-0.4, -0.2) is 27.5 Å². The summed E-state index contributed by atoms with van der Waals surface area (Å²) in [6.07, 6.45) is 7.05. The maximum absolute atomic E-state index is 12.4.